The van der Waals surface area contributed by atoms with E-state index in [1.54, 1.807) is 0 Å². The van der Waals surface area contributed by atoms with Gasteiger partial charge < -0.3 is 5.32 Å². The fourth-order valence-electron chi connectivity index (χ4n) is 3.08. The van der Waals surface area contributed by atoms with Gasteiger partial charge in [-0.15, -0.1) is 0 Å². The van der Waals surface area contributed by atoms with E-state index in [2.05, 4.69) is 27.6 Å². The maximum absolute atomic E-state index is 12.5. The number of hydrogen-bond acceptors (Lipinski definition) is 3. The van der Waals surface area contributed by atoms with Gasteiger partial charge in [-0.3, -0.25) is 4.79 Å². The minimum atomic E-state index is -0.123. The van der Waals surface area contributed by atoms with Gasteiger partial charge in [0.15, 0.2) is 0 Å². The number of anilines is 1. The van der Waals surface area contributed by atoms with Gasteiger partial charge in [-0.2, -0.15) is 10.2 Å². The first kappa shape index (κ1) is 18.6. The second-order valence-corrected chi connectivity index (χ2v) is 6.94. The van der Waals surface area contributed by atoms with Gasteiger partial charge in [0, 0.05) is 17.7 Å². The quantitative estimate of drug-likeness (QED) is 0.512. The number of aryl methyl sites for hydroxylation is 1. The molecular formula is C25H21N3O. The van der Waals surface area contributed by atoms with Crippen LogP contribution < -0.4 is 5.32 Å². The van der Waals surface area contributed by atoms with Crippen molar-refractivity contribution in [3.05, 3.63) is 114 Å². The van der Waals surface area contributed by atoms with E-state index in [1.165, 1.54) is 0 Å². The van der Waals surface area contributed by atoms with Gasteiger partial charge in [0.25, 0.3) is 5.91 Å². The van der Waals surface area contributed by atoms with E-state index in [1.807, 2.05) is 85.8 Å². The third kappa shape index (κ3) is 4.74. The summed E-state index contributed by atoms with van der Waals surface area (Å²) in [4.78, 5) is 12.5. The van der Waals surface area contributed by atoms with Crippen LogP contribution in [0.2, 0.25) is 0 Å². The van der Waals surface area contributed by atoms with Gasteiger partial charge in [-0.1, -0.05) is 54.6 Å². The average Bonchev–Trinajstić information content (AvgIpc) is 2.77. The SMILES string of the molecule is Cc1ccc(Cc2ccc(NC(=O)c3ccc(-c4ccccc4)cc3)cc2)nn1. The number of nitrogens with zero attached hydrogens (tertiary/aromatic N) is 2. The zero-order chi connectivity index (χ0) is 20.1. The molecule has 0 saturated heterocycles. The van der Waals surface area contributed by atoms with Crippen LogP contribution in [-0.4, -0.2) is 16.1 Å². The molecule has 0 aliphatic carbocycles. The lowest BCUT2D eigenvalue weighted by Crippen LogP contribution is -2.11. The van der Waals surface area contributed by atoms with Crippen LogP contribution in [0.3, 0.4) is 0 Å². The van der Waals surface area contributed by atoms with Crippen molar-refractivity contribution in [2.75, 3.05) is 5.32 Å². The Labute approximate surface area is 170 Å². The van der Waals surface area contributed by atoms with Crippen LogP contribution in [0.4, 0.5) is 5.69 Å². The molecular weight excluding hydrogens is 358 g/mol. The molecule has 0 unspecified atom stereocenters. The summed E-state index contributed by atoms with van der Waals surface area (Å²) in [5, 5.41) is 11.2. The minimum absolute atomic E-state index is 0.123. The van der Waals surface area contributed by atoms with E-state index in [0.717, 1.165) is 33.8 Å². The predicted octanol–water partition coefficient (Wildman–Crippen LogP) is 5.30. The summed E-state index contributed by atoms with van der Waals surface area (Å²) in [6, 6.07) is 29.5. The Morgan fingerprint density at radius 1 is 0.759 bits per heavy atom. The Hall–Kier alpha value is -3.79. The van der Waals surface area contributed by atoms with Crippen LogP contribution >= 0.6 is 0 Å². The Balaban J connectivity index is 1.39. The lowest BCUT2D eigenvalue weighted by molar-refractivity contribution is 0.102. The number of carbonyl (C=O) groups excluding carboxylic acids is 1. The van der Waals surface area contributed by atoms with Crippen LogP contribution in [0.5, 0.6) is 0 Å². The van der Waals surface area contributed by atoms with Gasteiger partial charge in [0.1, 0.15) is 0 Å². The van der Waals surface area contributed by atoms with Crippen LogP contribution in [-0.2, 0) is 6.42 Å². The average molecular weight is 379 g/mol. The standard InChI is InChI=1S/C25H21N3O/c1-18-7-14-24(28-27-18)17-19-8-15-23(16-9-19)26-25(29)22-12-10-21(11-13-22)20-5-3-2-4-6-20/h2-16H,17H2,1H3,(H,26,29). The van der Waals surface area contributed by atoms with E-state index in [9.17, 15) is 4.79 Å². The molecule has 4 rings (SSSR count). The van der Waals surface area contributed by atoms with Gasteiger partial charge in [-0.25, -0.2) is 0 Å². The molecule has 0 fully saturated rings. The molecule has 4 aromatic rings. The minimum Gasteiger partial charge on any atom is -0.322 e. The first-order valence-electron chi connectivity index (χ1n) is 9.52. The van der Waals surface area contributed by atoms with Crippen molar-refractivity contribution in [3.63, 3.8) is 0 Å². The zero-order valence-corrected chi connectivity index (χ0v) is 16.2. The first-order chi connectivity index (χ1) is 14.2. The maximum Gasteiger partial charge on any atom is 0.255 e. The van der Waals surface area contributed by atoms with Crippen molar-refractivity contribution in [2.24, 2.45) is 0 Å². The summed E-state index contributed by atoms with van der Waals surface area (Å²) in [5.74, 6) is -0.123. The normalized spacial score (nSPS) is 10.5. The highest BCUT2D eigenvalue weighted by Gasteiger charge is 2.07. The molecule has 142 valence electrons. The molecule has 3 aromatic carbocycles. The smallest absolute Gasteiger partial charge is 0.255 e. The Morgan fingerprint density at radius 3 is 2.10 bits per heavy atom. The lowest BCUT2D eigenvalue weighted by atomic mass is 10.0. The van der Waals surface area contributed by atoms with E-state index in [0.29, 0.717) is 12.0 Å². The van der Waals surface area contributed by atoms with Crippen molar-refractivity contribution in [1.82, 2.24) is 10.2 Å². The molecule has 4 nitrogen and oxygen atoms in total. The number of nitrogens with one attached hydrogen (secondary N) is 1. The maximum atomic E-state index is 12.5. The molecule has 4 heteroatoms. The van der Waals surface area contributed by atoms with Crippen LogP contribution in [0.15, 0.2) is 91.0 Å². The summed E-state index contributed by atoms with van der Waals surface area (Å²) < 4.78 is 0. The van der Waals surface area contributed by atoms with E-state index in [4.69, 9.17) is 0 Å². The number of rotatable bonds is 5. The molecule has 29 heavy (non-hydrogen) atoms. The summed E-state index contributed by atoms with van der Waals surface area (Å²) in [6.07, 6.45) is 0.711. The fourth-order valence-corrected chi connectivity index (χ4v) is 3.08. The Bertz CT molecular complexity index is 1090. The highest BCUT2D eigenvalue weighted by atomic mass is 16.1. The second-order valence-electron chi connectivity index (χ2n) is 6.94. The molecule has 1 heterocycles. The number of carbonyl (C=O) groups is 1. The first-order valence-corrected chi connectivity index (χ1v) is 9.52. The number of amides is 1. The molecule has 0 atom stereocenters. The third-order valence-corrected chi connectivity index (χ3v) is 4.70. The van der Waals surface area contributed by atoms with Gasteiger partial charge in [0.05, 0.1) is 11.4 Å². The Kier molecular flexibility index (Phi) is 5.43. The van der Waals surface area contributed by atoms with Crippen molar-refractivity contribution >= 4 is 11.6 Å². The van der Waals surface area contributed by atoms with E-state index >= 15 is 0 Å². The molecule has 0 radical (unpaired) electrons. The topological polar surface area (TPSA) is 54.9 Å². The summed E-state index contributed by atoms with van der Waals surface area (Å²) in [5.41, 5.74) is 6.56. The molecule has 0 bridgehead atoms. The van der Waals surface area contributed by atoms with E-state index < -0.39 is 0 Å². The zero-order valence-electron chi connectivity index (χ0n) is 16.2. The lowest BCUT2D eigenvalue weighted by Gasteiger charge is -2.08. The van der Waals surface area contributed by atoms with Gasteiger partial charge >= 0.3 is 0 Å². The van der Waals surface area contributed by atoms with Crippen molar-refractivity contribution in [3.8, 4) is 11.1 Å². The second kappa shape index (κ2) is 8.48. The highest BCUT2D eigenvalue weighted by Crippen LogP contribution is 2.20. The predicted molar refractivity (Wildman–Crippen MR) is 116 cm³/mol. The third-order valence-electron chi connectivity index (χ3n) is 4.70. The number of hydrogen-bond donors (Lipinski definition) is 1. The van der Waals surface area contributed by atoms with Gasteiger partial charge in [-0.05, 0) is 60.0 Å². The number of aromatic nitrogens is 2. The number of benzene rings is 3. The fraction of sp³-hybridized carbons (Fsp3) is 0.0800. The van der Waals surface area contributed by atoms with Crippen molar-refractivity contribution < 1.29 is 4.79 Å². The summed E-state index contributed by atoms with van der Waals surface area (Å²) >= 11 is 0. The van der Waals surface area contributed by atoms with Crippen molar-refractivity contribution in [2.45, 2.75) is 13.3 Å². The summed E-state index contributed by atoms with van der Waals surface area (Å²) in [6.45, 7) is 1.92. The molecule has 0 saturated carbocycles. The monoisotopic (exact) mass is 379 g/mol. The van der Waals surface area contributed by atoms with Crippen LogP contribution in [0.1, 0.15) is 27.3 Å². The van der Waals surface area contributed by atoms with Crippen LogP contribution in [0.25, 0.3) is 11.1 Å². The van der Waals surface area contributed by atoms with Gasteiger partial charge in [0.2, 0.25) is 0 Å². The Morgan fingerprint density at radius 2 is 1.45 bits per heavy atom. The molecule has 1 N–H and O–H groups in total. The molecule has 1 amide bonds. The largest absolute Gasteiger partial charge is 0.322 e. The molecule has 1 aromatic heterocycles. The van der Waals surface area contributed by atoms with Crippen molar-refractivity contribution in [1.29, 1.82) is 0 Å². The summed E-state index contributed by atoms with van der Waals surface area (Å²) in [7, 11) is 0. The highest BCUT2D eigenvalue weighted by molar-refractivity contribution is 6.04. The van der Waals surface area contributed by atoms with Crippen LogP contribution in [0, 0.1) is 6.92 Å². The van der Waals surface area contributed by atoms with E-state index in [-0.39, 0.29) is 5.91 Å². The molecule has 0 aliphatic rings. The molecule has 0 spiro atoms. The molecule has 0 aliphatic heterocycles.